The molecule has 0 aliphatic heterocycles. The molecule has 0 radical (unpaired) electrons. The summed E-state index contributed by atoms with van der Waals surface area (Å²) in [5, 5.41) is 3.81. The molecule has 0 spiro atoms. The molecule has 2 aromatic rings. The fourth-order valence-electron chi connectivity index (χ4n) is 1.92. The van der Waals surface area contributed by atoms with E-state index in [4.69, 9.17) is 21.1 Å². The van der Waals surface area contributed by atoms with Crippen molar-refractivity contribution < 1.29 is 9.47 Å². The van der Waals surface area contributed by atoms with Gasteiger partial charge in [0.25, 0.3) is 0 Å². The van der Waals surface area contributed by atoms with Gasteiger partial charge >= 0.3 is 0 Å². The lowest BCUT2D eigenvalue weighted by atomic mass is 10.2. The number of halogens is 1. The van der Waals surface area contributed by atoms with Crippen molar-refractivity contribution in [2.24, 2.45) is 0 Å². The predicted octanol–water partition coefficient (Wildman–Crippen LogP) is 3.65. The normalized spacial score (nSPS) is 10.3. The highest BCUT2D eigenvalue weighted by atomic mass is 35.5. The van der Waals surface area contributed by atoms with E-state index in [1.54, 1.807) is 7.11 Å². The summed E-state index contributed by atoms with van der Waals surface area (Å²) in [6.07, 6.45) is 0. The summed E-state index contributed by atoms with van der Waals surface area (Å²) in [5.74, 6) is 1.44. The Hall–Kier alpha value is -1.71. The van der Waals surface area contributed by atoms with Crippen molar-refractivity contribution in [3.63, 3.8) is 0 Å². The Bertz CT molecular complexity index is 572. The van der Waals surface area contributed by atoms with Crippen LogP contribution in [0.15, 0.2) is 42.5 Å². The first-order valence-electron chi connectivity index (χ1n) is 6.42. The molecule has 0 aliphatic rings. The number of benzene rings is 2. The molecule has 106 valence electrons. The average Bonchev–Trinajstić information content (AvgIpc) is 2.47. The van der Waals surface area contributed by atoms with Crippen LogP contribution >= 0.6 is 11.6 Å². The number of nitrogens with one attached hydrogen (secondary N) is 1. The summed E-state index contributed by atoms with van der Waals surface area (Å²) in [6, 6.07) is 13.6. The predicted molar refractivity (Wildman–Crippen MR) is 81.5 cm³/mol. The standard InChI is InChI=1S/C16H18ClNO2/c1-18-10-12-7-8-15(16(9-12)19-2)20-11-13-5-3-4-6-14(13)17/h3-9,18H,10-11H2,1-2H3. The summed E-state index contributed by atoms with van der Waals surface area (Å²) < 4.78 is 11.2. The zero-order valence-corrected chi connectivity index (χ0v) is 12.4. The van der Waals surface area contributed by atoms with Crippen molar-refractivity contribution in [1.29, 1.82) is 0 Å². The molecular weight excluding hydrogens is 274 g/mol. The van der Waals surface area contributed by atoms with Gasteiger partial charge in [-0.15, -0.1) is 0 Å². The number of ether oxygens (including phenoxy) is 2. The molecule has 0 atom stereocenters. The van der Waals surface area contributed by atoms with Crippen LogP contribution in [-0.4, -0.2) is 14.2 Å². The van der Waals surface area contributed by atoms with Crippen LogP contribution in [0.25, 0.3) is 0 Å². The summed E-state index contributed by atoms with van der Waals surface area (Å²) in [6.45, 7) is 1.21. The van der Waals surface area contributed by atoms with E-state index in [1.807, 2.05) is 49.5 Å². The van der Waals surface area contributed by atoms with Crippen LogP contribution in [0.3, 0.4) is 0 Å². The molecule has 0 aromatic heterocycles. The first-order chi connectivity index (χ1) is 9.74. The topological polar surface area (TPSA) is 30.5 Å². The van der Waals surface area contributed by atoms with E-state index in [0.717, 1.165) is 23.4 Å². The molecule has 2 aromatic carbocycles. The maximum atomic E-state index is 6.11. The number of methoxy groups -OCH3 is 1. The molecule has 0 saturated carbocycles. The molecule has 4 heteroatoms. The second-order valence-corrected chi connectivity index (χ2v) is 4.80. The van der Waals surface area contributed by atoms with Gasteiger partial charge < -0.3 is 14.8 Å². The fraction of sp³-hybridized carbons (Fsp3) is 0.250. The molecule has 3 nitrogen and oxygen atoms in total. The Morgan fingerprint density at radius 1 is 1.10 bits per heavy atom. The van der Waals surface area contributed by atoms with Gasteiger partial charge in [0.1, 0.15) is 6.61 Å². The number of hydrogen-bond acceptors (Lipinski definition) is 3. The van der Waals surface area contributed by atoms with Crippen LogP contribution in [0.5, 0.6) is 11.5 Å². The van der Waals surface area contributed by atoms with E-state index in [9.17, 15) is 0 Å². The Morgan fingerprint density at radius 2 is 1.90 bits per heavy atom. The minimum atomic E-state index is 0.418. The highest BCUT2D eigenvalue weighted by molar-refractivity contribution is 6.31. The summed E-state index contributed by atoms with van der Waals surface area (Å²) in [4.78, 5) is 0. The third-order valence-corrected chi connectivity index (χ3v) is 3.32. The largest absolute Gasteiger partial charge is 0.493 e. The molecule has 0 saturated heterocycles. The van der Waals surface area contributed by atoms with Gasteiger partial charge in [-0.3, -0.25) is 0 Å². The molecule has 0 amide bonds. The van der Waals surface area contributed by atoms with E-state index in [0.29, 0.717) is 17.4 Å². The Balaban J connectivity index is 2.11. The minimum Gasteiger partial charge on any atom is -0.493 e. The lowest BCUT2D eigenvalue weighted by molar-refractivity contribution is 0.284. The van der Waals surface area contributed by atoms with Crippen LogP contribution in [0.2, 0.25) is 5.02 Å². The first kappa shape index (κ1) is 14.7. The van der Waals surface area contributed by atoms with Crippen molar-refractivity contribution in [2.75, 3.05) is 14.2 Å². The van der Waals surface area contributed by atoms with Crippen molar-refractivity contribution in [2.45, 2.75) is 13.2 Å². The van der Waals surface area contributed by atoms with Crippen LogP contribution in [0, 0.1) is 0 Å². The molecular formula is C16H18ClNO2. The van der Waals surface area contributed by atoms with Crippen molar-refractivity contribution in [3.05, 3.63) is 58.6 Å². The quantitative estimate of drug-likeness (QED) is 0.881. The second-order valence-electron chi connectivity index (χ2n) is 4.40. The molecule has 0 heterocycles. The SMILES string of the molecule is CNCc1ccc(OCc2ccccc2Cl)c(OC)c1. The van der Waals surface area contributed by atoms with E-state index in [1.165, 1.54) is 0 Å². The van der Waals surface area contributed by atoms with Crippen LogP contribution in [0.4, 0.5) is 0 Å². The van der Waals surface area contributed by atoms with Crippen molar-refractivity contribution in [1.82, 2.24) is 5.32 Å². The van der Waals surface area contributed by atoms with E-state index < -0.39 is 0 Å². The van der Waals surface area contributed by atoms with Gasteiger partial charge in [0.05, 0.1) is 7.11 Å². The highest BCUT2D eigenvalue weighted by Crippen LogP contribution is 2.29. The lowest BCUT2D eigenvalue weighted by Gasteiger charge is -2.13. The fourth-order valence-corrected chi connectivity index (χ4v) is 2.11. The molecule has 0 fully saturated rings. The maximum Gasteiger partial charge on any atom is 0.161 e. The summed E-state index contributed by atoms with van der Waals surface area (Å²) >= 11 is 6.11. The number of hydrogen-bond donors (Lipinski definition) is 1. The molecule has 0 aliphatic carbocycles. The molecule has 0 bridgehead atoms. The highest BCUT2D eigenvalue weighted by Gasteiger charge is 2.07. The second kappa shape index (κ2) is 7.17. The van der Waals surface area contributed by atoms with E-state index in [-0.39, 0.29) is 0 Å². The van der Waals surface area contributed by atoms with Gasteiger partial charge in [0, 0.05) is 17.1 Å². The monoisotopic (exact) mass is 291 g/mol. The minimum absolute atomic E-state index is 0.418. The van der Waals surface area contributed by atoms with Crippen LogP contribution in [0.1, 0.15) is 11.1 Å². The summed E-state index contributed by atoms with van der Waals surface area (Å²) in [7, 11) is 3.55. The Kier molecular flexibility index (Phi) is 5.27. The molecule has 2 rings (SSSR count). The van der Waals surface area contributed by atoms with Crippen LogP contribution in [-0.2, 0) is 13.2 Å². The lowest BCUT2D eigenvalue weighted by Crippen LogP contribution is -2.05. The molecule has 0 unspecified atom stereocenters. The maximum absolute atomic E-state index is 6.11. The Morgan fingerprint density at radius 3 is 2.60 bits per heavy atom. The Labute approximate surface area is 124 Å². The van der Waals surface area contributed by atoms with Crippen molar-refractivity contribution in [3.8, 4) is 11.5 Å². The molecule has 20 heavy (non-hydrogen) atoms. The van der Waals surface area contributed by atoms with Crippen molar-refractivity contribution >= 4 is 11.6 Å². The average molecular weight is 292 g/mol. The van der Waals surface area contributed by atoms with Gasteiger partial charge in [-0.2, -0.15) is 0 Å². The van der Waals surface area contributed by atoms with Crippen LogP contribution < -0.4 is 14.8 Å². The van der Waals surface area contributed by atoms with Gasteiger partial charge in [-0.05, 0) is 30.8 Å². The zero-order chi connectivity index (χ0) is 14.4. The van der Waals surface area contributed by atoms with Gasteiger partial charge in [0.2, 0.25) is 0 Å². The van der Waals surface area contributed by atoms with Gasteiger partial charge in [-0.25, -0.2) is 0 Å². The third-order valence-electron chi connectivity index (χ3n) is 2.95. The third kappa shape index (κ3) is 3.65. The summed E-state index contributed by atoms with van der Waals surface area (Å²) in [5.41, 5.74) is 2.10. The number of rotatable bonds is 6. The van der Waals surface area contributed by atoms with Gasteiger partial charge in [-0.1, -0.05) is 35.9 Å². The molecule has 1 N–H and O–H groups in total. The van der Waals surface area contributed by atoms with Gasteiger partial charge in [0.15, 0.2) is 11.5 Å². The first-order valence-corrected chi connectivity index (χ1v) is 6.80. The smallest absolute Gasteiger partial charge is 0.161 e. The van der Waals surface area contributed by atoms with E-state index >= 15 is 0 Å². The van der Waals surface area contributed by atoms with E-state index in [2.05, 4.69) is 5.32 Å². The zero-order valence-electron chi connectivity index (χ0n) is 11.7.